The van der Waals surface area contributed by atoms with Crippen molar-refractivity contribution in [2.45, 2.75) is 25.5 Å². The van der Waals surface area contributed by atoms with Crippen LogP contribution >= 0.6 is 35.0 Å². The van der Waals surface area contributed by atoms with Gasteiger partial charge in [-0.3, -0.25) is 14.5 Å². The summed E-state index contributed by atoms with van der Waals surface area (Å²) in [6, 6.07) is 10.7. The molecule has 8 heteroatoms. The topological polar surface area (TPSA) is 61.8 Å². The van der Waals surface area contributed by atoms with E-state index in [9.17, 15) is 9.59 Å². The number of nitrogens with zero attached hydrogens (tertiary/aromatic N) is 2. The number of anilines is 1. The highest BCUT2D eigenvalue weighted by Crippen LogP contribution is 2.32. The quantitative estimate of drug-likeness (QED) is 0.717. The number of amidine groups is 1. The fourth-order valence-corrected chi connectivity index (χ4v) is 4.28. The molecule has 5 nitrogen and oxygen atoms in total. The molecular weight excluding hydrogens is 417 g/mol. The number of aryl methyl sites for hydroxylation is 2. The van der Waals surface area contributed by atoms with Gasteiger partial charge >= 0.3 is 0 Å². The summed E-state index contributed by atoms with van der Waals surface area (Å²) in [6.07, 6.45) is 0.0590. The number of carbonyl (C=O) groups is 2. The van der Waals surface area contributed by atoms with Gasteiger partial charge in [-0.25, -0.2) is 4.99 Å². The van der Waals surface area contributed by atoms with Gasteiger partial charge in [0.05, 0.1) is 5.69 Å². The number of benzene rings is 2. The molecule has 0 radical (unpaired) electrons. The van der Waals surface area contributed by atoms with Gasteiger partial charge in [-0.1, -0.05) is 41.0 Å². The molecule has 2 aromatic rings. The highest BCUT2D eigenvalue weighted by molar-refractivity contribution is 8.15. The monoisotopic (exact) mass is 435 g/mol. The largest absolute Gasteiger partial charge is 0.326 e. The first-order chi connectivity index (χ1) is 13.2. The maximum absolute atomic E-state index is 12.6. The summed E-state index contributed by atoms with van der Waals surface area (Å²) in [4.78, 5) is 31.0. The van der Waals surface area contributed by atoms with Gasteiger partial charge in [0.1, 0.15) is 5.25 Å². The minimum atomic E-state index is -0.518. The van der Waals surface area contributed by atoms with Gasteiger partial charge in [0.25, 0.3) is 0 Å². The van der Waals surface area contributed by atoms with E-state index in [2.05, 4.69) is 10.3 Å². The van der Waals surface area contributed by atoms with E-state index in [0.29, 0.717) is 26.6 Å². The number of nitrogens with one attached hydrogen (secondary N) is 1. The van der Waals surface area contributed by atoms with Crippen molar-refractivity contribution in [1.29, 1.82) is 0 Å². The van der Waals surface area contributed by atoms with Crippen LogP contribution in [0.2, 0.25) is 10.0 Å². The van der Waals surface area contributed by atoms with Crippen LogP contribution in [-0.4, -0.2) is 34.2 Å². The Morgan fingerprint density at radius 1 is 1.14 bits per heavy atom. The van der Waals surface area contributed by atoms with Crippen LogP contribution < -0.4 is 5.32 Å². The molecule has 0 aliphatic carbocycles. The summed E-state index contributed by atoms with van der Waals surface area (Å²) >= 11 is 13.3. The average Bonchev–Trinajstić information content (AvgIpc) is 2.88. The van der Waals surface area contributed by atoms with E-state index in [4.69, 9.17) is 23.2 Å². The first-order valence-corrected chi connectivity index (χ1v) is 10.2. The molecule has 0 spiro atoms. The summed E-state index contributed by atoms with van der Waals surface area (Å²) < 4.78 is 0. The van der Waals surface area contributed by atoms with Gasteiger partial charge in [0.2, 0.25) is 11.8 Å². The van der Waals surface area contributed by atoms with Gasteiger partial charge in [-0.15, -0.1) is 0 Å². The molecule has 0 aromatic heterocycles. The van der Waals surface area contributed by atoms with Crippen LogP contribution in [-0.2, 0) is 9.59 Å². The smallest absolute Gasteiger partial charge is 0.242 e. The number of carbonyl (C=O) groups excluding carboxylic acids is 2. The average molecular weight is 436 g/mol. The third-order valence-corrected chi connectivity index (χ3v) is 6.06. The molecule has 0 saturated carbocycles. The van der Waals surface area contributed by atoms with Crippen LogP contribution in [0.25, 0.3) is 0 Å². The number of thioether (sulfide) groups is 1. The summed E-state index contributed by atoms with van der Waals surface area (Å²) in [5.41, 5.74) is 3.21. The van der Waals surface area contributed by atoms with Gasteiger partial charge in [0, 0.05) is 29.2 Å². The van der Waals surface area contributed by atoms with Crippen molar-refractivity contribution >= 4 is 63.3 Å². The Labute approximate surface area is 178 Å². The summed E-state index contributed by atoms with van der Waals surface area (Å²) in [5, 5.41) is 4.06. The summed E-state index contributed by atoms with van der Waals surface area (Å²) in [7, 11) is 1.66. The Morgan fingerprint density at radius 3 is 2.54 bits per heavy atom. The van der Waals surface area contributed by atoms with E-state index < -0.39 is 5.25 Å². The number of hydrogen-bond donors (Lipinski definition) is 1. The van der Waals surface area contributed by atoms with E-state index in [0.717, 1.165) is 11.1 Å². The minimum Gasteiger partial charge on any atom is -0.326 e. The number of hydrogen-bond acceptors (Lipinski definition) is 4. The van der Waals surface area contributed by atoms with E-state index >= 15 is 0 Å². The van der Waals surface area contributed by atoms with Crippen molar-refractivity contribution in [2.75, 3.05) is 12.4 Å². The Hall–Kier alpha value is -2.02. The molecule has 1 atom stereocenters. The first kappa shape index (κ1) is 20.7. The van der Waals surface area contributed by atoms with E-state index in [1.807, 2.05) is 19.9 Å². The fourth-order valence-electron chi connectivity index (χ4n) is 2.74. The van der Waals surface area contributed by atoms with E-state index in [1.54, 1.807) is 37.4 Å². The predicted octanol–water partition coefficient (Wildman–Crippen LogP) is 5.20. The molecule has 1 aliphatic rings. The van der Waals surface area contributed by atoms with Gasteiger partial charge in [-0.05, 0) is 55.3 Å². The lowest BCUT2D eigenvalue weighted by Gasteiger charge is -2.11. The number of aliphatic imine (C=N–C) groups is 1. The SMILES string of the molecule is Cc1ccc(Cl)cc1N=C1S[C@@H](CC(=O)Nc2ccc(Cl)cc2C)C(=O)N1C. The van der Waals surface area contributed by atoms with Crippen LogP contribution in [0.15, 0.2) is 41.4 Å². The zero-order valence-electron chi connectivity index (χ0n) is 15.6. The molecule has 1 N–H and O–H groups in total. The standard InChI is InChI=1S/C20H19Cl2N3O2S/c1-11-4-5-14(22)9-16(11)24-20-25(3)19(27)17(28-20)10-18(26)23-15-7-6-13(21)8-12(15)2/h4-9,17H,10H2,1-3H3,(H,23,26)/t17-/m0/s1. The van der Waals surface area contributed by atoms with Crippen molar-refractivity contribution < 1.29 is 9.59 Å². The van der Waals surface area contributed by atoms with Crippen molar-refractivity contribution in [3.05, 3.63) is 57.6 Å². The van der Waals surface area contributed by atoms with Crippen LogP contribution in [0.5, 0.6) is 0 Å². The summed E-state index contributed by atoms with van der Waals surface area (Å²) in [5.74, 6) is -0.378. The van der Waals surface area contributed by atoms with Crippen LogP contribution in [0.3, 0.4) is 0 Å². The van der Waals surface area contributed by atoms with Crippen molar-refractivity contribution in [1.82, 2.24) is 4.90 Å². The maximum Gasteiger partial charge on any atom is 0.242 e. The number of halogens is 2. The van der Waals surface area contributed by atoms with Crippen LogP contribution in [0, 0.1) is 13.8 Å². The second-order valence-electron chi connectivity index (χ2n) is 6.54. The molecule has 1 heterocycles. The molecule has 2 amide bonds. The lowest BCUT2D eigenvalue weighted by atomic mass is 10.2. The highest BCUT2D eigenvalue weighted by atomic mass is 35.5. The zero-order chi connectivity index (χ0) is 20.4. The molecule has 28 heavy (non-hydrogen) atoms. The minimum absolute atomic E-state index is 0.0590. The second kappa shape index (κ2) is 8.55. The Morgan fingerprint density at radius 2 is 1.82 bits per heavy atom. The zero-order valence-corrected chi connectivity index (χ0v) is 18.0. The van der Waals surface area contributed by atoms with Gasteiger partial charge < -0.3 is 5.32 Å². The van der Waals surface area contributed by atoms with E-state index in [-0.39, 0.29) is 18.2 Å². The molecular formula is C20H19Cl2N3O2S. The predicted molar refractivity (Wildman–Crippen MR) is 117 cm³/mol. The van der Waals surface area contributed by atoms with E-state index in [1.165, 1.54) is 16.7 Å². The molecule has 0 bridgehead atoms. The second-order valence-corrected chi connectivity index (χ2v) is 8.58. The van der Waals surface area contributed by atoms with Crippen molar-refractivity contribution in [3.63, 3.8) is 0 Å². The highest BCUT2D eigenvalue weighted by Gasteiger charge is 2.37. The normalized spacial score (nSPS) is 18.0. The number of rotatable bonds is 4. The Balaban J connectivity index is 1.71. The van der Waals surface area contributed by atoms with Gasteiger partial charge in [0.15, 0.2) is 5.17 Å². The molecule has 1 saturated heterocycles. The lowest BCUT2D eigenvalue weighted by Crippen LogP contribution is -2.30. The van der Waals surface area contributed by atoms with Crippen molar-refractivity contribution in [3.8, 4) is 0 Å². The van der Waals surface area contributed by atoms with Crippen LogP contribution in [0.4, 0.5) is 11.4 Å². The van der Waals surface area contributed by atoms with Crippen molar-refractivity contribution in [2.24, 2.45) is 4.99 Å². The van der Waals surface area contributed by atoms with Gasteiger partial charge in [-0.2, -0.15) is 0 Å². The fraction of sp³-hybridized carbons (Fsp3) is 0.250. The summed E-state index contributed by atoms with van der Waals surface area (Å²) in [6.45, 7) is 3.79. The number of amides is 2. The lowest BCUT2D eigenvalue weighted by molar-refractivity contribution is -0.127. The Bertz CT molecular complexity index is 978. The first-order valence-electron chi connectivity index (χ1n) is 8.59. The third-order valence-electron chi connectivity index (χ3n) is 4.36. The maximum atomic E-state index is 12.6. The molecule has 3 rings (SSSR count). The molecule has 1 aliphatic heterocycles. The molecule has 1 fully saturated rings. The molecule has 146 valence electrons. The Kier molecular flexibility index (Phi) is 6.33. The third kappa shape index (κ3) is 4.69. The molecule has 2 aromatic carbocycles. The van der Waals surface area contributed by atoms with Crippen LogP contribution in [0.1, 0.15) is 17.5 Å². The molecule has 0 unspecified atom stereocenters.